The molecule has 1 aromatic heterocycles. The molecule has 1 atom stereocenters. The number of carbonyl (C=O) groups is 1. The van der Waals surface area contributed by atoms with Crippen LogP contribution in [0.5, 0.6) is 0 Å². The summed E-state index contributed by atoms with van der Waals surface area (Å²) >= 11 is 0. The van der Waals surface area contributed by atoms with Crippen LogP contribution in [0.4, 0.5) is 0 Å². The van der Waals surface area contributed by atoms with Crippen LogP contribution in [0.15, 0.2) is 73.2 Å². The first kappa shape index (κ1) is 18.3. The van der Waals surface area contributed by atoms with Gasteiger partial charge in [-0.3, -0.25) is 14.8 Å². The zero-order chi connectivity index (χ0) is 19.2. The standard InChI is InChI=1S/C23H24N4O/c28-23(20-8-4-7-19(15-20)22-16-24-10-11-25-22)26-12-14-27-13-9-21(17-27)18-5-2-1-3-6-18/h1-8,10-11,15-16,21H,9,12-14,17H2,(H,26,28). The van der Waals surface area contributed by atoms with Crippen molar-refractivity contribution in [3.63, 3.8) is 0 Å². The van der Waals surface area contributed by atoms with Gasteiger partial charge in [-0.2, -0.15) is 0 Å². The molecule has 0 radical (unpaired) electrons. The lowest BCUT2D eigenvalue weighted by Gasteiger charge is -2.16. The summed E-state index contributed by atoms with van der Waals surface area (Å²) in [5.41, 5.74) is 3.72. The first-order valence-electron chi connectivity index (χ1n) is 9.71. The maximum absolute atomic E-state index is 12.5. The van der Waals surface area contributed by atoms with Gasteiger partial charge in [0.05, 0.1) is 11.9 Å². The van der Waals surface area contributed by atoms with Gasteiger partial charge in [-0.1, -0.05) is 42.5 Å². The third-order valence-electron chi connectivity index (χ3n) is 5.24. The maximum Gasteiger partial charge on any atom is 0.251 e. The van der Waals surface area contributed by atoms with Crippen LogP contribution in [0.3, 0.4) is 0 Å². The molecule has 0 bridgehead atoms. The van der Waals surface area contributed by atoms with E-state index in [2.05, 4.69) is 50.5 Å². The monoisotopic (exact) mass is 372 g/mol. The molecular weight excluding hydrogens is 348 g/mol. The van der Waals surface area contributed by atoms with Crippen LogP contribution in [0.25, 0.3) is 11.3 Å². The van der Waals surface area contributed by atoms with E-state index in [1.54, 1.807) is 18.6 Å². The molecule has 0 saturated carbocycles. The minimum Gasteiger partial charge on any atom is -0.351 e. The van der Waals surface area contributed by atoms with Gasteiger partial charge in [-0.05, 0) is 36.6 Å². The van der Waals surface area contributed by atoms with Crippen molar-refractivity contribution in [2.45, 2.75) is 12.3 Å². The van der Waals surface area contributed by atoms with Gasteiger partial charge in [0.2, 0.25) is 0 Å². The van der Waals surface area contributed by atoms with Crippen molar-refractivity contribution in [2.75, 3.05) is 26.2 Å². The highest BCUT2D eigenvalue weighted by Crippen LogP contribution is 2.26. The molecule has 1 amide bonds. The normalized spacial score (nSPS) is 16.8. The third kappa shape index (κ3) is 4.43. The topological polar surface area (TPSA) is 58.1 Å². The minimum atomic E-state index is -0.0513. The molecule has 1 unspecified atom stereocenters. The number of hydrogen-bond acceptors (Lipinski definition) is 4. The Labute approximate surface area is 165 Å². The Kier molecular flexibility index (Phi) is 5.73. The Morgan fingerprint density at radius 2 is 2.00 bits per heavy atom. The van der Waals surface area contributed by atoms with E-state index in [-0.39, 0.29) is 5.91 Å². The number of benzene rings is 2. The van der Waals surface area contributed by atoms with Crippen LogP contribution in [0.1, 0.15) is 28.3 Å². The van der Waals surface area contributed by atoms with Crippen LogP contribution in [-0.4, -0.2) is 47.0 Å². The van der Waals surface area contributed by atoms with E-state index in [1.807, 2.05) is 24.3 Å². The lowest BCUT2D eigenvalue weighted by atomic mass is 9.99. The Morgan fingerprint density at radius 1 is 1.11 bits per heavy atom. The van der Waals surface area contributed by atoms with Crippen molar-refractivity contribution in [1.29, 1.82) is 0 Å². The number of nitrogens with one attached hydrogen (secondary N) is 1. The van der Waals surface area contributed by atoms with Crippen molar-refractivity contribution in [2.24, 2.45) is 0 Å². The van der Waals surface area contributed by atoms with Crippen LogP contribution < -0.4 is 5.32 Å². The number of likely N-dealkylation sites (tertiary alicyclic amines) is 1. The molecule has 1 aliphatic heterocycles. The Morgan fingerprint density at radius 3 is 2.82 bits per heavy atom. The van der Waals surface area contributed by atoms with E-state index in [0.29, 0.717) is 18.0 Å². The highest BCUT2D eigenvalue weighted by atomic mass is 16.1. The number of amides is 1. The lowest BCUT2D eigenvalue weighted by Crippen LogP contribution is -2.33. The summed E-state index contributed by atoms with van der Waals surface area (Å²) in [6.45, 7) is 3.66. The van der Waals surface area contributed by atoms with Gasteiger partial charge in [0.1, 0.15) is 0 Å². The molecule has 1 aliphatic rings. The zero-order valence-electron chi connectivity index (χ0n) is 15.8. The molecule has 0 spiro atoms. The molecule has 2 heterocycles. The van der Waals surface area contributed by atoms with Crippen LogP contribution in [0, 0.1) is 0 Å². The summed E-state index contributed by atoms with van der Waals surface area (Å²) in [6.07, 6.45) is 6.17. The molecule has 2 aromatic carbocycles. The minimum absolute atomic E-state index is 0.0513. The summed E-state index contributed by atoms with van der Waals surface area (Å²) in [6, 6.07) is 18.2. The lowest BCUT2D eigenvalue weighted by molar-refractivity contribution is 0.0949. The molecular formula is C23H24N4O. The molecule has 1 N–H and O–H groups in total. The van der Waals surface area contributed by atoms with Crippen LogP contribution in [0.2, 0.25) is 0 Å². The van der Waals surface area contributed by atoms with E-state index >= 15 is 0 Å². The summed E-state index contributed by atoms with van der Waals surface area (Å²) in [5.74, 6) is 0.546. The third-order valence-corrected chi connectivity index (χ3v) is 5.24. The molecule has 5 heteroatoms. The Balaban J connectivity index is 1.28. The molecule has 3 aromatic rings. The van der Waals surface area contributed by atoms with Crippen molar-refractivity contribution in [3.8, 4) is 11.3 Å². The van der Waals surface area contributed by atoms with Gasteiger partial charge >= 0.3 is 0 Å². The number of rotatable bonds is 6. The van der Waals surface area contributed by atoms with E-state index in [1.165, 1.54) is 12.0 Å². The van der Waals surface area contributed by atoms with E-state index in [0.717, 1.165) is 30.9 Å². The molecule has 0 aliphatic carbocycles. The van der Waals surface area contributed by atoms with Crippen LogP contribution in [-0.2, 0) is 0 Å². The summed E-state index contributed by atoms with van der Waals surface area (Å²) in [4.78, 5) is 23.3. The molecule has 5 nitrogen and oxygen atoms in total. The van der Waals surface area contributed by atoms with E-state index < -0.39 is 0 Å². The molecule has 28 heavy (non-hydrogen) atoms. The number of nitrogens with zero attached hydrogens (tertiary/aromatic N) is 3. The van der Waals surface area contributed by atoms with Gasteiger partial charge in [-0.25, -0.2) is 0 Å². The van der Waals surface area contributed by atoms with Crippen molar-refractivity contribution in [1.82, 2.24) is 20.2 Å². The fourth-order valence-corrected chi connectivity index (χ4v) is 3.73. The van der Waals surface area contributed by atoms with Gasteiger partial charge in [0.25, 0.3) is 5.91 Å². The Hall–Kier alpha value is -3.05. The number of aromatic nitrogens is 2. The number of carbonyl (C=O) groups excluding carboxylic acids is 1. The van der Waals surface area contributed by atoms with Crippen molar-refractivity contribution >= 4 is 5.91 Å². The SMILES string of the molecule is O=C(NCCN1CCC(c2ccccc2)C1)c1cccc(-c2cnccn2)c1. The second-order valence-corrected chi connectivity index (χ2v) is 7.12. The van der Waals surface area contributed by atoms with Crippen molar-refractivity contribution in [3.05, 3.63) is 84.3 Å². The van der Waals surface area contributed by atoms with Gasteiger partial charge in [0, 0.05) is 43.2 Å². The highest BCUT2D eigenvalue weighted by molar-refractivity contribution is 5.95. The predicted octanol–water partition coefficient (Wildman–Crippen LogP) is 3.36. The van der Waals surface area contributed by atoms with Crippen molar-refractivity contribution < 1.29 is 4.79 Å². The maximum atomic E-state index is 12.5. The highest BCUT2D eigenvalue weighted by Gasteiger charge is 2.23. The first-order chi connectivity index (χ1) is 13.8. The Bertz CT molecular complexity index is 914. The summed E-state index contributed by atoms with van der Waals surface area (Å²) in [7, 11) is 0. The fraction of sp³-hybridized carbons (Fsp3) is 0.261. The van der Waals surface area contributed by atoms with E-state index in [4.69, 9.17) is 0 Å². The molecule has 1 fully saturated rings. The van der Waals surface area contributed by atoms with E-state index in [9.17, 15) is 4.79 Å². The quantitative estimate of drug-likeness (QED) is 0.721. The summed E-state index contributed by atoms with van der Waals surface area (Å²) in [5, 5.41) is 3.04. The smallest absolute Gasteiger partial charge is 0.251 e. The molecule has 1 saturated heterocycles. The average molecular weight is 372 g/mol. The predicted molar refractivity (Wildman–Crippen MR) is 110 cm³/mol. The second kappa shape index (κ2) is 8.76. The fourth-order valence-electron chi connectivity index (χ4n) is 3.73. The van der Waals surface area contributed by atoms with Gasteiger partial charge in [-0.15, -0.1) is 0 Å². The molecule has 142 valence electrons. The average Bonchev–Trinajstić information content (AvgIpc) is 3.24. The first-order valence-corrected chi connectivity index (χ1v) is 9.71. The van der Waals surface area contributed by atoms with Gasteiger partial charge < -0.3 is 10.2 Å². The summed E-state index contributed by atoms with van der Waals surface area (Å²) < 4.78 is 0. The largest absolute Gasteiger partial charge is 0.351 e. The zero-order valence-corrected chi connectivity index (χ0v) is 15.8. The number of hydrogen-bond donors (Lipinski definition) is 1. The van der Waals surface area contributed by atoms with Gasteiger partial charge in [0.15, 0.2) is 0 Å². The van der Waals surface area contributed by atoms with Crippen LogP contribution >= 0.6 is 0 Å². The second-order valence-electron chi connectivity index (χ2n) is 7.12. The molecule has 4 rings (SSSR count).